The molecule has 1 saturated heterocycles. The van der Waals surface area contributed by atoms with Crippen LogP contribution in [0, 0.1) is 5.92 Å². The Balaban J connectivity index is 1.79. The van der Waals surface area contributed by atoms with Crippen molar-refractivity contribution in [3.05, 3.63) is 0 Å². The molecule has 118 valence electrons. The van der Waals surface area contributed by atoms with Gasteiger partial charge in [0.2, 0.25) is 0 Å². The van der Waals surface area contributed by atoms with E-state index in [0.717, 1.165) is 50.4 Å². The summed E-state index contributed by atoms with van der Waals surface area (Å²) in [5, 5.41) is 3.66. The third kappa shape index (κ3) is 3.02. The van der Waals surface area contributed by atoms with E-state index in [1.54, 1.807) is 0 Å². The minimum atomic E-state index is -3.32. The van der Waals surface area contributed by atoms with Crippen LogP contribution in [-0.4, -0.2) is 37.3 Å². The predicted molar refractivity (Wildman–Crippen MR) is 83.4 cm³/mol. The molecule has 21 heavy (non-hydrogen) atoms. The van der Waals surface area contributed by atoms with Crippen molar-refractivity contribution in [1.29, 1.82) is 0 Å². The topological polar surface area (TPSA) is 94.3 Å². The Morgan fingerprint density at radius 3 is 2.62 bits per heavy atom. The third-order valence-corrected chi connectivity index (χ3v) is 7.51. The molecule has 1 saturated carbocycles. The fourth-order valence-corrected chi connectivity index (χ4v) is 5.72. The van der Waals surface area contributed by atoms with Gasteiger partial charge < -0.3 is 15.8 Å². The van der Waals surface area contributed by atoms with Crippen LogP contribution in [-0.2, 0) is 14.6 Å². The number of nitrogens with two attached hydrogens (primary N) is 1. The van der Waals surface area contributed by atoms with Crippen LogP contribution in [0.3, 0.4) is 0 Å². The summed E-state index contributed by atoms with van der Waals surface area (Å²) in [5.41, 5.74) is 5.81. The number of aromatic nitrogens is 1. The number of nitrogens with one attached hydrogen (secondary N) is 1. The second kappa shape index (κ2) is 5.73. The van der Waals surface area contributed by atoms with Gasteiger partial charge >= 0.3 is 0 Å². The lowest BCUT2D eigenvalue weighted by Gasteiger charge is -2.28. The molecule has 2 aliphatic rings. The van der Waals surface area contributed by atoms with Gasteiger partial charge in [-0.15, -0.1) is 0 Å². The summed E-state index contributed by atoms with van der Waals surface area (Å²) >= 11 is 1.14. The molecular formula is C13H21N3O3S2. The molecular weight excluding hydrogens is 310 g/mol. The van der Waals surface area contributed by atoms with Crippen molar-refractivity contribution >= 4 is 32.2 Å². The van der Waals surface area contributed by atoms with E-state index in [-0.39, 0.29) is 22.0 Å². The average molecular weight is 331 g/mol. The molecule has 1 unspecified atom stereocenters. The summed E-state index contributed by atoms with van der Waals surface area (Å²) in [4.78, 5) is 0.217. The van der Waals surface area contributed by atoms with E-state index in [0.29, 0.717) is 10.9 Å². The molecule has 1 aliphatic heterocycles. The SMILES string of the molecule is CC(Nc1snc(N)c1S(=O)(=O)C1CC1)C1CCOCC1. The molecule has 8 heteroatoms. The van der Waals surface area contributed by atoms with E-state index >= 15 is 0 Å². The van der Waals surface area contributed by atoms with Crippen molar-refractivity contribution in [3.8, 4) is 0 Å². The molecule has 2 heterocycles. The molecule has 0 aromatic carbocycles. The Morgan fingerprint density at radius 1 is 1.33 bits per heavy atom. The average Bonchev–Trinajstić information content (AvgIpc) is 3.25. The summed E-state index contributed by atoms with van der Waals surface area (Å²) in [6, 6.07) is 0.182. The maximum Gasteiger partial charge on any atom is 0.187 e. The van der Waals surface area contributed by atoms with Gasteiger partial charge in [-0.05, 0) is 50.1 Å². The van der Waals surface area contributed by atoms with Crippen LogP contribution < -0.4 is 11.1 Å². The summed E-state index contributed by atoms with van der Waals surface area (Å²) < 4.78 is 34.4. The first kappa shape index (κ1) is 15.1. The lowest BCUT2D eigenvalue weighted by atomic mass is 9.93. The van der Waals surface area contributed by atoms with Crippen LogP contribution in [0.15, 0.2) is 4.90 Å². The highest BCUT2D eigenvalue weighted by atomic mass is 32.2. The second-order valence-electron chi connectivity index (χ2n) is 5.85. The van der Waals surface area contributed by atoms with Crippen LogP contribution in [0.5, 0.6) is 0 Å². The lowest BCUT2D eigenvalue weighted by molar-refractivity contribution is 0.0622. The van der Waals surface area contributed by atoms with Crippen molar-refractivity contribution in [1.82, 2.24) is 4.37 Å². The van der Waals surface area contributed by atoms with Gasteiger partial charge in [0.1, 0.15) is 9.90 Å². The van der Waals surface area contributed by atoms with Gasteiger partial charge in [0.25, 0.3) is 0 Å². The molecule has 0 bridgehead atoms. The Bertz CT molecular complexity index is 604. The van der Waals surface area contributed by atoms with Gasteiger partial charge in [-0.2, -0.15) is 4.37 Å². The van der Waals surface area contributed by atoms with E-state index in [1.807, 2.05) is 0 Å². The van der Waals surface area contributed by atoms with Gasteiger partial charge in [-0.1, -0.05) is 0 Å². The van der Waals surface area contributed by atoms with E-state index in [4.69, 9.17) is 10.5 Å². The zero-order valence-electron chi connectivity index (χ0n) is 12.0. The normalized spacial score (nSPS) is 22.1. The van der Waals surface area contributed by atoms with Gasteiger partial charge in [-0.3, -0.25) is 0 Å². The number of hydrogen-bond donors (Lipinski definition) is 2. The number of nitrogens with zero attached hydrogens (tertiary/aromatic N) is 1. The van der Waals surface area contributed by atoms with Crippen molar-refractivity contribution < 1.29 is 13.2 Å². The van der Waals surface area contributed by atoms with Gasteiger partial charge in [0.05, 0.1) is 5.25 Å². The maximum absolute atomic E-state index is 12.5. The molecule has 1 atom stereocenters. The highest BCUT2D eigenvalue weighted by molar-refractivity contribution is 7.92. The Hall–Kier alpha value is -0.860. The number of hydrogen-bond acceptors (Lipinski definition) is 7. The quantitative estimate of drug-likeness (QED) is 0.855. The molecule has 6 nitrogen and oxygen atoms in total. The largest absolute Gasteiger partial charge is 0.382 e. The number of nitrogen functional groups attached to an aromatic ring is 1. The molecule has 0 radical (unpaired) electrons. The molecule has 0 amide bonds. The number of anilines is 2. The maximum atomic E-state index is 12.5. The van der Waals surface area contributed by atoms with Crippen molar-refractivity contribution in [2.45, 2.75) is 48.8 Å². The van der Waals surface area contributed by atoms with Crippen molar-refractivity contribution in [2.75, 3.05) is 24.3 Å². The second-order valence-corrected chi connectivity index (χ2v) is 8.79. The van der Waals surface area contributed by atoms with Crippen molar-refractivity contribution in [3.63, 3.8) is 0 Å². The Kier molecular flexibility index (Phi) is 4.11. The molecule has 3 rings (SSSR count). The Morgan fingerprint density at radius 2 is 2.00 bits per heavy atom. The first-order valence-corrected chi connectivity index (χ1v) is 9.65. The van der Waals surface area contributed by atoms with Crippen LogP contribution in [0.25, 0.3) is 0 Å². The van der Waals surface area contributed by atoms with E-state index in [9.17, 15) is 8.42 Å². The first-order valence-electron chi connectivity index (χ1n) is 7.33. The highest BCUT2D eigenvalue weighted by Crippen LogP contribution is 2.41. The monoisotopic (exact) mass is 331 g/mol. The molecule has 0 spiro atoms. The number of sulfone groups is 1. The summed E-state index contributed by atoms with van der Waals surface area (Å²) in [5.74, 6) is 0.618. The van der Waals surface area contributed by atoms with E-state index < -0.39 is 9.84 Å². The first-order chi connectivity index (χ1) is 10.00. The molecule has 2 fully saturated rings. The van der Waals surface area contributed by atoms with Gasteiger partial charge in [0, 0.05) is 19.3 Å². The highest BCUT2D eigenvalue weighted by Gasteiger charge is 2.41. The van der Waals surface area contributed by atoms with Crippen LogP contribution >= 0.6 is 11.5 Å². The molecule has 1 aromatic rings. The van der Waals surface area contributed by atoms with Crippen LogP contribution in [0.2, 0.25) is 0 Å². The third-order valence-electron chi connectivity index (χ3n) is 4.25. The minimum Gasteiger partial charge on any atom is -0.382 e. The number of ether oxygens (including phenoxy) is 1. The fourth-order valence-electron chi connectivity index (χ4n) is 2.75. The Labute approximate surface area is 129 Å². The lowest BCUT2D eigenvalue weighted by Crippen LogP contribution is -2.31. The molecule has 3 N–H and O–H groups in total. The zero-order chi connectivity index (χ0) is 15.0. The fraction of sp³-hybridized carbons (Fsp3) is 0.769. The van der Waals surface area contributed by atoms with Gasteiger partial charge in [-0.25, -0.2) is 8.42 Å². The standard InChI is InChI=1S/C13H21N3O3S2/c1-8(9-4-6-19-7-5-9)15-13-11(12(14)16-20-13)21(17,18)10-2-3-10/h8-10,15H,2-7H2,1H3,(H2,14,16). The van der Waals surface area contributed by atoms with E-state index in [2.05, 4.69) is 16.6 Å². The smallest absolute Gasteiger partial charge is 0.187 e. The van der Waals surface area contributed by atoms with Crippen LogP contribution in [0.4, 0.5) is 10.8 Å². The van der Waals surface area contributed by atoms with Crippen molar-refractivity contribution in [2.24, 2.45) is 5.92 Å². The minimum absolute atomic E-state index is 0.133. The summed E-state index contributed by atoms with van der Waals surface area (Å²) in [6.07, 6.45) is 3.44. The predicted octanol–water partition coefficient (Wildman–Crippen LogP) is 1.89. The summed E-state index contributed by atoms with van der Waals surface area (Å²) in [7, 11) is -3.32. The van der Waals surface area contributed by atoms with Crippen LogP contribution in [0.1, 0.15) is 32.6 Å². The van der Waals surface area contributed by atoms with E-state index in [1.165, 1.54) is 0 Å². The summed E-state index contributed by atoms with van der Waals surface area (Å²) in [6.45, 7) is 3.63. The zero-order valence-corrected chi connectivity index (χ0v) is 13.7. The molecule has 1 aliphatic carbocycles. The van der Waals surface area contributed by atoms with Gasteiger partial charge in [0.15, 0.2) is 15.7 Å². The molecule has 1 aromatic heterocycles. The number of rotatable bonds is 5.